The molecule has 0 N–H and O–H groups in total. The molecule has 0 aliphatic rings. The van der Waals surface area contributed by atoms with E-state index in [9.17, 15) is 9.59 Å². The first-order valence-electron chi connectivity index (χ1n) is 9.26. The molecule has 0 spiro atoms. The molecule has 0 heterocycles. The van der Waals surface area contributed by atoms with Gasteiger partial charge in [-0.15, -0.1) is 0 Å². The third-order valence-corrected chi connectivity index (χ3v) is 3.93. The highest BCUT2D eigenvalue weighted by Gasteiger charge is 2.39. The van der Waals surface area contributed by atoms with Crippen molar-refractivity contribution >= 4 is 18.0 Å². The average Bonchev–Trinajstić information content (AvgIpc) is 2.74. The summed E-state index contributed by atoms with van der Waals surface area (Å²) in [6.45, 7) is 15.6. The standard InChI is InChI=1S/C17H20O4.C8H8/c1-6-17(20-15(18)12(2)3,21-16(19)13(4)5)14-10-8-7-9-11-14;1-2-8-6-4-3-5-7-8/h7-11H,2,4,6H2,1,3,5H3;2-7H,1H2. The number of hydrogen-bond donors (Lipinski definition) is 0. The summed E-state index contributed by atoms with van der Waals surface area (Å²) in [7, 11) is 0. The summed E-state index contributed by atoms with van der Waals surface area (Å²) in [5.41, 5.74) is 2.22. The minimum atomic E-state index is -1.48. The van der Waals surface area contributed by atoms with Crippen LogP contribution in [0.1, 0.15) is 38.3 Å². The molecule has 0 aromatic heterocycles. The Kier molecular flexibility index (Phi) is 9.33. The molecule has 0 bridgehead atoms. The zero-order valence-corrected chi connectivity index (χ0v) is 17.3. The fraction of sp³-hybridized carbons (Fsp3) is 0.200. The van der Waals surface area contributed by atoms with Gasteiger partial charge in [0.1, 0.15) is 0 Å². The molecule has 29 heavy (non-hydrogen) atoms. The van der Waals surface area contributed by atoms with Gasteiger partial charge >= 0.3 is 11.9 Å². The minimum absolute atomic E-state index is 0.232. The molecule has 2 aromatic carbocycles. The maximum atomic E-state index is 11.9. The van der Waals surface area contributed by atoms with Crippen LogP contribution in [0.2, 0.25) is 0 Å². The molecule has 152 valence electrons. The van der Waals surface area contributed by atoms with Crippen LogP contribution < -0.4 is 0 Å². The third-order valence-electron chi connectivity index (χ3n) is 3.93. The van der Waals surface area contributed by atoms with E-state index in [0.29, 0.717) is 5.56 Å². The van der Waals surface area contributed by atoms with Gasteiger partial charge in [0.25, 0.3) is 5.79 Å². The van der Waals surface area contributed by atoms with Gasteiger partial charge in [-0.25, -0.2) is 9.59 Å². The van der Waals surface area contributed by atoms with Crippen molar-refractivity contribution in [2.45, 2.75) is 33.0 Å². The first-order chi connectivity index (χ1) is 13.8. The number of ether oxygens (including phenoxy) is 2. The molecule has 4 nitrogen and oxygen atoms in total. The van der Waals surface area contributed by atoms with E-state index >= 15 is 0 Å². The van der Waals surface area contributed by atoms with Crippen molar-refractivity contribution in [2.24, 2.45) is 0 Å². The molecule has 2 aromatic rings. The van der Waals surface area contributed by atoms with Gasteiger partial charge in [-0.1, -0.05) is 93.4 Å². The summed E-state index contributed by atoms with van der Waals surface area (Å²) < 4.78 is 10.9. The quantitative estimate of drug-likeness (QED) is 0.339. The third kappa shape index (κ3) is 7.26. The fourth-order valence-electron chi connectivity index (χ4n) is 2.24. The Balaban J connectivity index is 0.000000436. The van der Waals surface area contributed by atoms with Crippen LogP contribution in [0.25, 0.3) is 6.08 Å². The molecule has 4 heteroatoms. The van der Waals surface area contributed by atoms with Crippen LogP contribution in [0.5, 0.6) is 0 Å². The highest BCUT2D eigenvalue weighted by Crippen LogP contribution is 2.32. The van der Waals surface area contributed by atoms with Gasteiger partial charge in [0.2, 0.25) is 0 Å². The fourth-order valence-corrected chi connectivity index (χ4v) is 2.24. The molecular formula is C25H28O4. The Morgan fingerprint density at radius 1 is 0.862 bits per heavy atom. The van der Waals surface area contributed by atoms with Gasteiger partial charge in [0.05, 0.1) is 0 Å². The Morgan fingerprint density at radius 3 is 1.59 bits per heavy atom. The zero-order valence-electron chi connectivity index (χ0n) is 17.3. The number of benzene rings is 2. The zero-order chi connectivity index (χ0) is 21.9. The topological polar surface area (TPSA) is 52.6 Å². The van der Waals surface area contributed by atoms with Gasteiger partial charge in [0, 0.05) is 23.1 Å². The predicted molar refractivity (Wildman–Crippen MR) is 117 cm³/mol. The van der Waals surface area contributed by atoms with E-state index in [-0.39, 0.29) is 17.6 Å². The van der Waals surface area contributed by atoms with Crippen molar-refractivity contribution in [3.8, 4) is 0 Å². The summed E-state index contributed by atoms with van der Waals surface area (Å²) in [6, 6.07) is 18.9. The monoisotopic (exact) mass is 392 g/mol. The van der Waals surface area contributed by atoms with Crippen LogP contribution in [-0.2, 0) is 24.8 Å². The number of hydrogen-bond acceptors (Lipinski definition) is 4. The first-order valence-corrected chi connectivity index (χ1v) is 9.26. The normalized spacial score (nSPS) is 10.0. The van der Waals surface area contributed by atoms with Crippen LogP contribution in [0.4, 0.5) is 0 Å². The van der Waals surface area contributed by atoms with E-state index in [0.717, 1.165) is 0 Å². The SMILES string of the molecule is C=C(C)C(=O)OC(CC)(OC(=O)C(=C)C)c1ccccc1.C=Cc1ccccc1. The Hall–Kier alpha value is -3.40. The van der Waals surface area contributed by atoms with Crippen LogP contribution in [0.15, 0.2) is 91.5 Å². The van der Waals surface area contributed by atoms with Gasteiger partial charge in [0.15, 0.2) is 0 Å². The number of esters is 2. The van der Waals surface area contributed by atoms with Crippen molar-refractivity contribution < 1.29 is 19.1 Å². The maximum absolute atomic E-state index is 11.9. The van der Waals surface area contributed by atoms with Crippen LogP contribution >= 0.6 is 0 Å². The van der Waals surface area contributed by atoms with Crippen LogP contribution in [0.3, 0.4) is 0 Å². The number of carbonyl (C=O) groups is 2. The highest BCUT2D eigenvalue weighted by atomic mass is 16.7. The predicted octanol–water partition coefficient (Wildman–Crippen LogP) is 5.82. The molecule has 0 saturated carbocycles. The van der Waals surface area contributed by atoms with E-state index < -0.39 is 17.7 Å². The maximum Gasteiger partial charge on any atom is 0.336 e. The Labute approximate surface area is 173 Å². The first kappa shape index (κ1) is 23.6. The Morgan fingerprint density at radius 2 is 1.28 bits per heavy atom. The molecule has 0 unspecified atom stereocenters. The second-order valence-corrected chi connectivity index (χ2v) is 6.43. The van der Waals surface area contributed by atoms with Crippen molar-refractivity contribution in [3.63, 3.8) is 0 Å². The van der Waals surface area contributed by atoms with Crippen LogP contribution in [-0.4, -0.2) is 11.9 Å². The molecule has 0 amide bonds. The van der Waals surface area contributed by atoms with Crippen molar-refractivity contribution in [1.82, 2.24) is 0 Å². The number of rotatable bonds is 7. The van der Waals surface area contributed by atoms with E-state index in [2.05, 4.69) is 19.7 Å². The summed E-state index contributed by atoms with van der Waals surface area (Å²) in [6.07, 6.45) is 2.11. The molecule has 0 fully saturated rings. The van der Waals surface area contributed by atoms with Crippen molar-refractivity contribution in [1.29, 1.82) is 0 Å². The van der Waals surface area contributed by atoms with E-state index in [4.69, 9.17) is 9.47 Å². The molecule has 0 saturated heterocycles. The van der Waals surface area contributed by atoms with Crippen LogP contribution in [0, 0.1) is 0 Å². The molecule has 0 atom stereocenters. The smallest absolute Gasteiger partial charge is 0.336 e. The molecule has 2 rings (SSSR count). The van der Waals surface area contributed by atoms with Gasteiger partial charge in [-0.05, 0) is 19.4 Å². The Bertz CT molecular complexity index is 823. The second-order valence-electron chi connectivity index (χ2n) is 6.43. The summed E-state index contributed by atoms with van der Waals surface area (Å²) in [5, 5.41) is 0. The second kappa shape index (κ2) is 11.4. The molecule has 0 radical (unpaired) electrons. The lowest BCUT2D eigenvalue weighted by Gasteiger charge is -2.32. The minimum Gasteiger partial charge on any atom is -0.415 e. The van der Waals surface area contributed by atoms with Gasteiger partial charge < -0.3 is 9.47 Å². The van der Waals surface area contributed by atoms with E-state index in [1.807, 2.05) is 42.5 Å². The lowest BCUT2D eigenvalue weighted by molar-refractivity contribution is -0.231. The van der Waals surface area contributed by atoms with E-state index in [1.54, 1.807) is 31.2 Å². The lowest BCUT2D eigenvalue weighted by atomic mass is 10.0. The van der Waals surface area contributed by atoms with Gasteiger partial charge in [-0.3, -0.25) is 0 Å². The van der Waals surface area contributed by atoms with Crippen molar-refractivity contribution in [3.05, 3.63) is 103 Å². The lowest BCUT2D eigenvalue weighted by Crippen LogP contribution is -2.37. The summed E-state index contributed by atoms with van der Waals surface area (Å²) in [5.74, 6) is -2.71. The highest BCUT2D eigenvalue weighted by molar-refractivity contribution is 5.89. The van der Waals surface area contributed by atoms with Crippen molar-refractivity contribution in [2.75, 3.05) is 0 Å². The molecular weight excluding hydrogens is 364 g/mol. The average molecular weight is 392 g/mol. The largest absolute Gasteiger partial charge is 0.415 e. The van der Waals surface area contributed by atoms with Gasteiger partial charge in [-0.2, -0.15) is 0 Å². The van der Waals surface area contributed by atoms with E-state index in [1.165, 1.54) is 19.4 Å². The molecule has 0 aliphatic heterocycles. The molecule has 0 aliphatic carbocycles. The summed E-state index contributed by atoms with van der Waals surface area (Å²) >= 11 is 0. The number of carbonyl (C=O) groups excluding carboxylic acids is 2. The summed E-state index contributed by atoms with van der Waals surface area (Å²) in [4.78, 5) is 23.8.